The van der Waals surface area contributed by atoms with Gasteiger partial charge in [-0.05, 0) is 47.7 Å². The predicted molar refractivity (Wildman–Crippen MR) is 102 cm³/mol. The third-order valence-electron chi connectivity index (χ3n) is 4.68. The Morgan fingerprint density at radius 1 is 1.04 bits per heavy atom. The molecule has 122 valence electrons. The van der Waals surface area contributed by atoms with E-state index in [1.54, 1.807) is 11.3 Å². The monoisotopic (exact) mass is 345 g/mol. The maximum absolute atomic E-state index is 11.5. The zero-order valence-electron chi connectivity index (χ0n) is 13.4. The van der Waals surface area contributed by atoms with Crippen molar-refractivity contribution in [1.29, 1.82) is 0 Å². The molecule has 0 amide bonds. The van der Waals surface area contributed by atoms with Crippen molar-refractivity contribution in [3.8, 4) is 0 Å². The Labute approximate surface area is 147 Å². The summed E-state index contributed by atoms with van der Waals surface area (Å²) in [7, 11) is 0. The van der Waals surface area contributed by atoms with Crippen LogP contribution in [0.4, 0.5) is 0 Å². The maximum Gasteiger partial charge on any atom is 0.323 e. The topological polar surface area (TPSA) is 61.5 Å². The first-order valence-corrected chi connectivity index (χ1v) is 9.11. The Kier molecular flexibility index (Phi) is 3.21. The van der Waals surface area contributed by atoms with Crippen LogP contribution < -0.4 is 5.69 Å². The van der Waals surface area contributed by atoms with E-state index >= 15 is 0 Å². The summed E-state index contributed by atoms with van der Waals surface area (Å²) in [6.45, 7) is 0. The SMILES string of the molecule is O=c1[nH]c2ccc(/C=C3\c4ccccc4CCc4ncsc43)cc2[nH]1. The average molecular weight is 345 g/mol. The quantitative estimate of drug-likeness (QED) is 0.548. The summed E-state index contributed by atoms with van der Waals surface area (Å²) in [6, 6.07) is 14.6. The van der Waals surface area contributed by atoms with Crippen molar-refractivity contribution in [3.63, 3.8) is 0 Å². The van der Waals surface area contributed by atoms with Gasteiger partial charge in [0.15, 0.2) is 0 Å². The van der Waals surface area contributed by atoms with Gasteiger partial charge in [-0.3, -0.25) is 0 Å². The summed E-state index contributed by atoms with van der Waals surface area (Å²) < 4.78 is 0. The molecule has 2 aromatic carbocycles. The molecule has 0 radical (unpaired) electrons. The zero-order valence-corrected chi connectivity index (χ0v) is 14.2. The molecule has 4 aromatic rings. The number of rotatable bonds is 1. The van der Waals surface area contributed by atoms with Gasteiger partial charge >= 0.3 is 5.69 Å². The van der Waals surface area contributed by atoms with Gasteiger partial charge in [0.05, 0.1) is 27.1 Å². The van der Waals surface area contributed by atoms with Crippen LogP contribution in [-0.2, 0) is 12.8 Å². The first-order chi connectivity index (χ1) is 12.3. The van der Waals surface area contributed by atoms with Crippen LogP contribution in [0.25, 0.3) is 22.7 Å². The van der Waals surface area contributed by atoms with Crippen LogP contribution >= 0.6 is 11.3 Å². The van der Waals surface area contributed by atoms with Crippen LogP contribution in [0.2, 0.25) is 0 Å². The second kappa shape index (κ2) is 5.57. The molecule has 0 saturated carbocycles. The Morgan fingerprint density at radius 3 is 2.88 bits per heavy atom. The lowest BCUT2D eigenvalue weighted by Crippen LogP contribution is -1.99. The van der Waals surface area contributed by atoms with Crippen LogP contribution in [-0.4, -0.2) is 15.0 Å². The largest absolute Gasteiger partial charge is 0.323 e. The lowest BCUT2D eigenvalue weighted by atomic mass is 9.97. The molecule has 25 heavy (non-hydrogen) atoms. The second-order valence-corrected chi connectivity index (χ2v) is 7.08. The number of H-pyrrole nitrogens is 2. The number of thiazole rings is 1. The number of nitrogens with zero attached hydrogens (tertiary/aromatic N) is 1. The van der Waals surface area contributed by atoms with Crippen molar-refractivity contribution >= 4 is 34.0 Å². The van der Waals surface area contributed by atoms with E-state index in [9.17, 15) is 4.79 Å². The Morgan fingerprint density at radius 2 is 1.92 bits per heavy atom. The van der Waals surface area contributed by atoms with Crippen molar-refractivity contribution in [3.05, 3.63) is 85.7 Å². The van der Waals surface area contributed by atoms with Crippen molar-refractivity contribution in [2.75, 3.05) is 0 Å². The van der Waals surface area contributed by atoms with E-state index in [1.807, 2.05) is 23.7 Å². The molecular weight excluding hydrogens is 330 g/mol. The number of aromatic nitrogens is 3. The van der Waals surface area contributed by atoms with Crippen molar-refractivity contribution < 1.29 is 0 Å². The molecule has 0 bridgehead atoms. The van der Waals surface area contributed by atoms with Crippen molar-refractivity contribution in [1.82, 2.24) is 15.0 Å². The summed E-state index contributed by atoms with van der Waals surface area (Å²) in [5.41, 5.74) is 9.48. The minimum absolute atomic E-state index is 0.177. The summed E-state index contributed by atoms with van der Waals surface area (Å²) in [5.74, 6) is 0. The Balaban J connectivity index is 1.74. The molecule has 0 aliphatic heterocycles. The molecule has 2 N–H and O–H groups in total. The average Bonchev–Trinajstić information content (AvgIpc) is 3.20. The number of hydrogen-bond acceptors (Lipinski definition) is 3. The number of aryl methyl sites for hydroxylation is 2. The molecule has 0 saturated heterocycles. The fraction of sp³-hybridized carbons (Fsp3) is 0.100. The van der Waals surface area contributed by atoms with Gasteiger partial charge in [0.25, 0.3) is 0 Å². The standard InChI is InChI=1S/C20H15N3OS/c24-20-22-16-7-5-12(10-18(16)23-20)9-15-14-4-2-1-3-13(14)6-8-17-19(15)25-11-21-17/h1-5,7,9-11H,6,8H2,(H2,22,23,24)/b15-9+. The maximum atomic E-state index is 11.5. The van der Waals surface area contributed by atoms with Gasteiger partial charge in [0.2, 0.25) is 0 Å². The van der Waals surface area contributed by atoms with Crippen molar-refractivity contribution in [2.45, 2.75) is 12.8 Å². The molecule has 5 heteroatoms. The minimum Gasteiger partial charge on any atom is -0.306 e. The highest BCUT2D eigenvalue weighted by atomic mass is 32.1. The van der Waals surface area contributed by atoms with Crippen LogP contribution in [0.1, 0.15) is 27.3 Å². The second-order valence-electron chi connectivity index (χ2n) is 6.23. The van der Waals surface area contributed by atoms with E-state index in [4.69, 9.17) is 0 Å². The molecule has 1 aliphatic rings. The van der Waals surface area contributed by atoms with Gasteiger partial charge in [-0.1, -0.05) is 30.3 Å². The molecule has 1 aliphatic carbocycles. The van der Waals surface area contributed by atoms with E-state index in [0.717, 1.165) is 29.4 Å². The van der Waals surface area contributed by atoms with E-state index in [0.29, 0.717) is 0 Å². The van der Waals surface area contributed by atoms with Gasteiger partial charge in [-0.25, -0.2) is 9.78 Å². The molecular formula is C20H15N3OS. The number of benzene rings is 2. The normalized spacial score (nSPS) is 15.1. The van der Waals surface area contributed by atoms with Gasteiger partial charge in [-0.15, -0.1) is 11.3 Å². The smallest absolute Gasteiger partial charge is 0.306 e. The van der Waals surface area contributed by atoms with E-state index in [1.165, 1.54) is 27.3 Å². The first-order valence-electron chi connectivity index (χ1n) is 8.23. The zero-order chi connectivity index (χ0) is 16.8. The van der Waals surface area contributed by atoms with Gasteiger partial charge in [0.1, 0.15) is 0 Å². The predicted octanol–water partition coefficient (Wildman–Crippen LogP) is 4.00. The lowest BCUT2D eigenvalue weighted by Gasteiger charge is -2.09. The Hall–Kier alpha value is -2.92. The Bertz CT molecular complexity index is 1180. The lowest BCUT2D eigenvalue weighted by molar-refractivity contribution is 0.930. The van der Waals surface area contributed by atoms with E-state index < -0.39 is 0 Å². The molecule has 5 rings (SSSR count). The number of hydrogen-bond donors (Lipinski definition) is 2. The third kappa shape index (κ3) is 2.44. The summed E-state index contributed by atoms with van der Waals surface area (Å²) >= 11 is 1.69. The molecule has 2 aromatic heterocycles. The van der Waals surface area contributed by atoms with Crippen LogP contribution in [0.5, 0.6) is 0 Å². The van der Waals surface area contributed by atoms with Crippen molar-refractivity contribution in [2.24, 2.45) is 0 Å². The van der Waals surface area contributed by atoms with Gasteiger partial charge in [-0.2, -0.15) is 0 Å². The molecule has 0 spiro atoms. The highest BCUT2D eigenvalue weighted by Gasteiger charge is 2.20. The third-order valence-corrected chi connectivity index (χ3v) is 5.58. The number of nitrogens with one attached hydrogen (secondary N) is 2. The summed E-state index contributed by atoms with van der Waals surface area (Å²) in [4.78, 5) is 22.9. The summed E-state index contributed by atoms with van der Waals surface area (Å²) in [5, 5.41) is 0. The number of fused-ring (bicyclic) bond motifs is 3. The number of aromatic amines is 2. The minimum atomic E-state index is -0.177. The van der Waals surface area contributed by atoms with Crippen LogP contribution in [0.15, 0.2) is 52.8 Å². The van der Waals surface area contributed by atoms with Crippen LogP contribution in [0, 0.1) is 0 Å². The first kappa shape index (κ1) is 14.4. The molecule has 4 nitrogen and oxygen atoms in total. The fourth-order valence-corrected chi connectivity index (χ4v) is 4.36. The molecule has 0 unspecified atom stereocenters. The summed E-state index contributed by atoms with van der Waals surface area (Å²) in [6.07, 6.45) is 4.18. The molecule has 2 heterocycles. The molecule has 0 atom stereocenters. The molecule has 0 fully saturated rings. The highest BCUT2D eigenvalue weighted by molar-refractivity contribution is 7.11. The van der Waals surface area contributed by atoms with E-state index in [2.05, 4.69) is 45.3 Å². The van der Waals surface area contributed by atoms with Gasteiger partial charge in [0, 0.05) is 5.57 Å². The van der Waals surface area contributed by atoms with E-state index in [-0.39, 0.29) is 5.69 Å². The van der Waals surface area contributed by atoms with Crippen LogP contribution in [0.3, 0.4) is 0 Å². The number of imidazole rings is 1. The van der Waals surface area contributed by atoms with Gasteiger partial charge < -0.3 is 9.97 Å². The fourth-order valence-electron chi connectivity index (χ4n) is 3.49. The highest BCUT2D eigenvalue weighted by Crippen LogP contribution is 2.36.